The third kappa shape index (κ3) is 8.32. The van der Waals surface area contributed by atoms with Crippen LogP contribution < -0.4 is 10.6 Å². The smallest absolute Gasteiger partial charge is 0.410 e. The summed E-state index contributed by atoms with van der Waals surface area (Å²) in [6, 6.07) is 12.5. The van der Waals surface area contributed by atoms with Crippen LogP contribution >= 0.6 is 0 Å². The van der Waals surface area contributed by atoms with E-state index in [-0.39, 0.29) is 38.8 Å². The number of alkyl halides is 2. The number of aliphatic carboxylic acids is 1. The van der Waals surface area contributed by atoms with Gasteiger partial charge < -0.3 is 20.5 Å². The molecule has 2 aromatic carbocycles. The van der Waals surface area contributed by atoms with Crippen molar-refractivity contribution in [2.24, 2.45) is 0 Å². The summed E-state index contributed by atoms with van der Waals surface area (Å²) in [5.41, 5.74) is 1.22. The molecular weight excluding hydrogens is 540 g/mol. The number of likely N-dealkylation sites (tertiary alicyclic amines) is 1. The van der Waals surface area contributed by atoms with Crippen LogP contribution in [-0.4, -0.2) is 70.3 Å². The highest BCUT2D eigenvalue weighted by Gasteiger charge is 2.51. The number of hydrogen-bond donors (Lipinski definition) is 3. The van der Waals surface area contributed by atoms with Crippen molar-refractivity contribution < 1.29 is 42.6 Å². The minimum atomic E-state index is -4.62. The van der Waals surface area contributed by atoms with E-state index in [9.17, 15) is 29.1 Å². The predicted molar refractivity (Wildman–Crippen MR) is 143 cm³/mol. The van der Waals surface area contributed by atoms with Crippen molar-refractivity contribution in [2.75, 3.05) is 6.54 Å². The highest BCUT2D eigenvalue weighted by Crippen LogP contribution is 2.23. The van der Waals surface area contributed by atoms with Crippen LogP contribution in [-0.2, 0) is 36.9 Å². The maximum absolute atomic E-state index is 15.1. The Kier molecular flexibility index (Phi) is 10.9. The number of amides is 3. The number of ketones is 1. The second-order valence-corrected chi connectivity index (χ2v) is 9.73. The number of carboxylic acid groups (broad SMARTS) is 1. The molecule has 0 saturated carbocycles. The second-order valence-electron chi connectivity index (χ2n) is 9.73. The van der Waals surface area contributed by atoms with Gasteiger partial charge >= 0.3 is 18.0 Å². The number of halogens is 2. The minimum Gasteiger partial charge on any atom is -0.480 e. The van der Waals surface area contributed by atoms with Crippen LogP contribution in [0.5, 0.6) is 0 Å². The van der Waals surface area contributed by atoms with Gasteiger partial charge in [-0.05, 0) is 30.4 Å². The Morgan fingerprint density at radius 3 is 2.17 bits per heavy atom. The molecule has 1 aliphatic rings. The molecule has 3 N–H and O–H groups in total. The van der Waals surface area contributed by atoms with Gasteiger partial charge in [-0.1, -0.05) is 74.0 Å². The van der Waals surface area contributed by atoms with E-state index < -0.39 is 53.7 Å². The molecule has 3 atom stereocenters. The summed E-state index contributed by atoms with van der Waals surface area (Å²) in [6.45, 7) is 1.78. The number of hydrogen-bond acceptors (Lipinski definition) is 6. The highest BCUT2D eigenvalue weighted by molar-refractivity contribution is 6.11. The third-order valence-electron chi connectivity index (χ3n) is 6.69. The summed E-state index contributed by atoms with van der Waals surface area (Å²) < 4.78 is 35.4. The van der Waals surface area contributed by atoms with Crippen LogP contribution in [0.1, 0.15) is 43.7 Å². The monoisotopic (exact) mass is 573 g/mol. The SMILES string of the molecule is CCCC(NC(=O)C1CCCN1C(=O)OCc1ccccc1)C(=O)C(F)(F)C(=O)NC(Cc1ccccc1)C(=O)O. The summed E-state index contributed by atoms with van der Waals surface area (Å²) >= 11 is 0. The van der Waals surface area contributed by atoms with Crippen LogP contribution in [0, 0.1) is 0 Å². The first-order chi connectivity index (χ1) is 19.5. The van der Waals surface area contributed by atoms with Crippen molar-refractivity contribution in [1.82, 2.24) is 15.5 Å². The van der Waals surface area contributed by atoms with Crippen molar-refractivity contribution in [3.63, 3.8) is 0 Å². The Balaban J connectivity index is 1.65. The Morgan fingerprint density at radius 1 is 0.976 bits per heavy atom. The number of nitrogens with one attached hydrogen (secondary N) is 2. The van der Waals surface area contributed by atoms with E-state index in [1.165, 1.54) is 4.90 Å². The van der Waals surface area contributed by atoms with E-state index >= 15 is 8.78 Å². The summed E-state index contributed by atoms with van der Waals surface area (Å²) in [5, 5.41) is 13.5. The van der Waals surface area contributed by atoms with Gasteiger partial charge in [0.25, 0.3) is 5.91 Å². The standard InChI is InChI=1S/C29H33F2N3O7/c1-2-10-21(24(35)29(30,31)27(39)33-22(26(37)38)17-19-11-5-3-6-12-19)32-25(36)23-15-9-16-34(23)28(40)41-18-20-13-7-4-8-14-20/h3-8,11-14,21-23H,2,9-10,15-18H2,1H3,(H,32,36)(H,33,39)(H,37,38). The maximum Gasteiger partial charge on any atom is 0.410 e. The molecule has 1 heterocycles. The number of Topliss-reactive ketones (excluding diaryl/α,β-unsaturated/α-hetero) is 1. The zero-order valence-corrected chi connectivity index (χ0v) is 22.6. The predicted octanol–water partition coefficient (Wildman–Crippen LogP) is 3.09. The molecule has 1 fully saturated rings. The Bertz CT molecular complexity index is 1230. The fourth-order valence-electron chi connectivity index (χ4n) is 4.51. The summed E-state index contributed by atoms with van der Waals surface area (Å²) in [4.78, 5) is 63.8. The Labute approximate surface area is 236 Å². The number of nitrogens with zero attached hydrogens (tertiary/aromatic N) is 1. The summed E-state index contributed by atoms with van der Waals surface area (Å²) in [7, 11) is 0. The number of carbonyl (C=O) groups excluding carboxylic acids is 4. The Hall–Kier alpha value is -4.35. The van der Waals surface area contributed by atoms with Crippen molar-refractivity contribution in [2.45, 2.75) is 69.7 Å². The molecule has 0 aromatic heterocycles. The zero-order valence-electron chi connectivity index (χ0n) is 22.6. The average Bonchev–Trinajstić information content (AvgIpc) is 3.46. The van der Waals surface area contributed by atoms with Crippen molar-refractivity contribution >= 4 is 29.7 Å². The van der Waals surface area contributed by atoms with Gasteiger partial charge in [0.1, 0.15) is 18.7 Å². The molecule has 2 aromatic rings. The van der Waals surface area contributed by atoms with Crippen LogP contribution in [0.4, 0.5) is 13.6 Å². The number of rotatable bonds is 13. The van der Waals surface area contributed by atoms with E-state index in [0.717, 1.165) is 5.56 Å². The quantitative estimate of drug-likeness (QED) is 0.313. The van der Waals surface area contributed by atoms with Gasteiger partial charge in [-0.25, -0.2) is 9.59 Å². The second kappa shape index (κ2) is 14.3. The minimum absolute atomic E-state index is 0.0234. The van der Waals surface area contributed by atoms with E-state index in [1.54, 1.807) is 66.8 Å². The van der Waals surface area contributed by atoms with Crippen molar-refractivity contribution in [1.29, 1.82) is 0 Å². The molecule has 0 spiro atoms. The number of carboxylic acids is 1. The normalized spacial score (nSPS) is 16.4. The molecule has 3 amide bonds. The van der Waals surface area contributed by atoms with Gasteiger partial charge in [0, 0.05) is 13.0 Å². The molecule has 1 aliphatic heterocycles. The van der Waals surface area contributed by atoms with Crippen LogP contribution in [0.2, 0.25) is 0 Å². The molecule has 220 valence electrons. The number of benzene rings is 2. The van der Waals surface area contributed by atoms with Crippen molar-refractivity contribution in [3.05, 3.63) is 71.8 Å². The summed E-state index contributed by atoms with van der Waals surface area (Å²) in [6.07, 6.45) is -0.331. The molecule has 0 bridgehead atoms. The number of ether oxygens (including phenoxy) is 1. The molecule has 12 heteroatoms. The molecular formula is C29H33F2N3O7. The molecule has 0 aliphatic carbocycles. The molecule has 3 unspecified atom stereocenters. The third-order valence-corrected chi connectivity index (χ3v) is 6.69. The fourth-order valence-corrected chi connectivity index (χ4v) is 4.51. The van der Waals surface area contributed by atoms with E-state index in [1.807, 2.05) is 6.07 Å². The lowest BCUT2D eigenvalue weighted by Gasteiger charge is -2.27. The van der Waals surface area contributed by atoms with Gasteiger partial charge in [-0.15, -0.1) is 0 Å². The van der Waals surface area contributed by atoms with Gasteiger partial charge in [0.2, 0.25) is 11.7 Å². The van der Waals surface area contributed by atoms with Crippen molar-refractivity contribution in [3.8, 4) is 0 Å². The van der Waals surface area contributed by atoms with Crippen LogP contribution in [0.3, 0.4) is 0 Å². The van der Waals surface area contributed by atoms with Gasteiger partial charge in [-0.2, -0.15) is 8.78 Å². The van der Waals surface area contributed by atoms with E-state index in [4.69, 9.17) is 4.74 Å². The Morgan fingerprint density at radius 2 is 1.59 bits per heavy atom. The van der Waals surface area contributed by atoms with Crippen LogP contribution in [0.15, 0.2) is 60.7 Å². The lowest BCUT2D eigenvalue weighted by Crippen LogP contribution is -2.58. The van der Waals surface area contributed by atoms with Gasteiger partial charge in [0.05, 0.1) is 6.04 Å². The largest absolute Gasteiger partial charge is 0.480 e. The summed E-state index contributed by atoms with van der Waals surface area (Å²) in [5.74, 6) is -10.9. The molecule has 1 saturated heterocycles. The molecule has 10 nitrogen and oxygen atoms in total. The highest BCUT2D eigenvalue weighted by atomic mass is 19.3. The lowest BCUT2D eigenvalue weighted by atomic mass is 9.99. The van der Waals surface area contributed by atoms with E-state index in [0.29, 0.717) is 12.0 Å². The zero-order chi connectivity index (χ0) is 30.0. The van der Waals surface area contributed by atoms with Crippen LogP contribution in [0.25, 0.3) is 0 Å². The van der Waals surface area contributed by atoms with Gasteiger partial charge in [-0.3, -0.25) is 19.3 Å². The van der Waals surface area contributed by atoms with E-state index in [2.05, 4.69) is 5.32 Å². The fraction of sp³-hybridized carbons (Fsp3) is 0.414. The number of carbonyl (C=O) groups is 5. The first-order valence-electron chi connectivity index (χ1n) is 13.3. The lowest BCUT2D eigenvalue weighted by molar-refractivity contribution is -0.162. The van der Waals surface area contributed by atoms with Gasteiger partial charge in [0.15, 0.2) is 0 Å². The average molecular weight is 574 g/mol. The molecule has 3 rings (SSSR count). The maximum atomic E-state index is 15.1. The first kappa shape index (κ1) is 31.2. The molecule has 41 heavy (non-hydrogen) atoms. The topological polar surface area (TPSA) is 142 Å². The first-order valence-corrected chi connectivity index (χ1v) is 13.3. The molecule has 0 radical (unpaired) electrons.